The fraction of sp³-hybridized carbons (Fsp3) is 0.481. The molecule has 10 atom stereocenters. The molecular weight excluding hydrogens is 548 g/mol. The van der Waals surface area contributed by atoms with Crippen LogP contribution in [0.2, 0.25) is 0 Å². The van der Waals surface area contributed by atoms with Crippen molar-refractivity contribution in [3.05, 3.63) is 52.1 Å². The van der Waals surface area contributed by atoms with Crippen LogP contribution in [0.25, 0.3) is 0 Å². The Bertz CT molecular complexity index is 1360. The number of ether oxygens (including phenoxy) is 4. The van der Waals surface area contributed by atoms with Gasteiger partial charge in [-0.3, -0.25) is 9.59 Å². The number of aliphatic hydroxyl groups is 6. The number of carbonyl (C=O) groups is 2. The van der Waals surface area contributed by atoms with E-state index in [9.17, 15) is 50.4 Å². The lowest BCUT2D eigenvalue weighted by Gasteiger charge is -2.42. The second-order valence-corrected chi connectivity index (χ2v) is 10.4. The van der Waals surface area contributed by atoms with Gasteiger partial charge in [0.1, 0.15) is 60.0 Å². The molecule has 0 radical (unpaired) electrons. The van der Waals surface area contributed by atoms with Crippen LogP contribution in [-0.4, -0.2) is 120 Å². The molecule has 10 unspecified atom stereocenters. The highest BCUT2D eigenvalue weighted by atomic mass is 16.7. The summed E-state index contributed by atoms with van der Waals surface area (Å²) in [6.07, 6.45) is -15.2. The van der Waals surface area contributed by atoms with Gasteiger partial charge < -0.3 is 59.8 Å². The largest absolute Gasteiger partial charge is 0.507 e. The number of hydrogen-bond donors (Lipinski definition) is 8. The Morgan fingerprint density at radius 3 is 1.98 bits per heavy atom. The molecule has 14 heteroatoms. The molecule has 8 N–H and O–H groups in total. The molecule has 2 fully saturated rings. The summed E-state index contributed by atoms with van der Waals surface area (Å²) < 4.78 is 22.0. The van der Waals surface area contributed by atoms with Crippen LogP contribution >= 0.6 is 0 Å². The number of rotatable bonds is 5. The summed E-state index contributed by atoms with van der Waals surface area (Å²) in [6, 6.07) is 4.86. The summed E-state index contributed by atoms with van der Waals surface area (Å²) in [5.74, 6) is -2.74. The predicted molar refractivity (Wildman–Crippen MR) is 133 cm³/mol. The van der Waals surface area contributed by atoms with Crippen molar-refractivity contribution in [2.24, 2.45) is 0 Å². The van der Waals surface area contributed by atoms with E-state index in [0.29, 0.717) is 5.56 Å². The molecule has 0 bridgehead atoms. The first-order chi connectivity index (χ1) is 19.3. The molecule has 2 aromatic carbocycles. The predicted octanol–water partition coefficient (Wildman–Crippen LogP) is -1.79. The quantitative estimate of drug-likeness (QED) is 0.167. The number of phenols is 2. The van der Waals surface area contributed by atoms with E-state index in [1.54, 1.807) is 6.92 Å². The molecule has 14 nitrogen and oxygen atoms in total. The van der Waals surface area contributed by atoms with E-state index in [4.69, 9.17) is 18.9 Å². The molecular formula is C27H30O14. The molecule has 2 heterocycles. The Labute approximate surface area is 232 Å². The lowest BCUT2D eigenvalue weighted by molar-refractivity contribution is -0.318. The molecule has 3 aliphatic rings. The van der Waals surface area contributed by atoms with Gasteiger partial charge in [-0.15, -0.1) is 0 Å². The van der Waals surface area contributed by atoms with Gasteiger partial charge in [0.15, 0.2) is 12.1 Å². The van der Waals surface area contributed by atoms with Crippen molar-refractivity contribution in [2.75, 3.05) is 6.61 Å². The number of phenolic OH excluding ortho intramolecular Hbond substituents is 2. The van der Waals surface area contributed by atoms with Gasteiger partial charge in [-0.2, -0.15) is 0 Å². The molecule has 5 rings (SSSR count). The average molecular weight is 579 g/mol. The number of fused-ring (bicyclic) bond motifs is 2. The third-order valence-electron chi connectivity index (χ3n) is 7.45. The maximum atomic E-state index is 13.2. The highest BCUT2D eigenvalue weighted by molar-refractivity contribution is 6.30. The summed E-state index contributed by atoms with van der Waals surface area (Å²) in [6.45, 7) is 2.55. The van der Waals surface area contributed by atoms with Gasteiger partial charge >= 0.3 is 0 Å². The Hall–Kier alpha value is -3.18. The topological polar surface area (TPSA) is 233 Å². The monoisotopic (exact) mass is 578 g/mol. The normalized spacial score (nSPS) is 35.1. The van der Waals surface area contributed by atoms with E-state index < -0.39 is 91.1 Å². The van der Waals surface area contributed by atoms with E-state index in [-0.39, 0.29) is 28.0 Å². The van der Waals surface area contributed by atoms with Crippen LogP contribution in [0.4, 0.5) is 0 Å². The number of benzene rings is 2. The lowest BCUT2D eigenvalue weighted by Crippen LogP contribution is -2.61. The third kappa shape index (κ3) is 5.07. The fourth-order valence-electron chi connectivity index (χ4n) is 5.17. The van der Waals surface area contributed by atoms with Crippen LogP contribution in [0, 0.1) is 6.92 Å². The molecule has 2 saturated heterocycles. The number of hydrogen-bond acceptors (Lipinski definition) is 14. The number of aliphatic hydroxyl groups excluding tert-OH is 6. The summed E-state index contributed by atoms with van der Waals surface area (Å²) in [5, 5.41) is 82.2. The van der Waals surface area contributed by atoms with Crippen molar-refractivity contribution in [3.8, 4) is 17.2 Å². The van der Waals surface area contributed by atoms with Gasteiger partial charge in [-0.05, 0) is 37.6 Å². The van der Waals surface area contributed by atoms with E-state index in [0.717, 1.165) is 12.1 Å². The molecule has 2 aliphatic heterocycles. The first kappa shape index (κ1) is 29.3. The van der Waals surface area contributed by atoms with Crippen LogP contribution in [-0.2, 0) is 14.2 Å². The summed E-state index contributed by atoms with van der Waals surface area (Å²) in [5.41, 5.74) is -0.375. The van der Waals surface area contributed by atoms with Crippen molar-refractivity contribution >= 4 is 11.6 Å². The van der Waals surface area contributed by atoms with Gasteiger partial charge in [0.25, 0.3) is 0 Å². The number of carbonyl (C=O) groups excluding carboxylic acids is 2. The smallest absolute Gasteiger partial charge is 0.229 e. The van der Waals surface area contributed by atoms with Gasteiger partial charge in [-0.25, -0.2) is 0 Å². The second kappa shape index (κ2) is 10.9. The van der Waals surface area contributed by atoms with Crippen LogP contribution in [0.3, 0.4) is 0 Å². The molecule has 0 saturated carbocycles. The Balaban J connectivity index is 1.35. The third-order valence-corrected chi connectivity index (χ3v) is 7.45. The van der Waals surface area contributed by atoms with Crippen LogP contribution in [0.1, 0.15) is 44.3 Å². The number of ketones is 2. The minimum absolute atomic E-state index is 0.0691. The Morgan fingerprint density at radius 2 is 1.29 bits per heavy atom. The van der Waals surface area contributed by atoms with Crippen molar-refractivity contribution in [1.82, 2.24) is 0 Å². The van der Waals surface area contributed by atoms with E-state index in [2.05, 4.69) is 0 Å². The van der Waals surface area contributed by atoms with Crippen molar-refractivity contribution in [2.45, 2.75) is 75.3 Å². The standard InChI is InChI=1S/C27H30O14/c1-8-3-11-16(13(28)4-8)21(33)17-12(19(11)31)5-10(6-14(17)29)40-27-25(37)23(35)20(32)15(41-27)7-38-26-24(36)22(34)18(30)9(2)39-26/h3-6,9,15,18,20,22-30,32,34-37H,7H2,1-2H3. The van der Waals surface area contributed by atoms with E-state index in [1.165, 1.54) is 19.1 Å². The fourth-order valence-corrected chi connectivity index (χ4v) is 5.17. The first-order valence-corrected chi connectivity index (χ1v) is 12.8. The molecule has 0 aromatic heterocycles. The Morgan fingerprint density at radius 1 is 0.707 bits per heavy atom. The number of aryl methyl sites for hydroxylation is 1. The van der Waals surface area contributed by atoms with Crippen molar-refractivity contribution < 1.29 is 69.4 Å². The summed E-state index contributed by atoms with van der Waals surface area (Å²) in [7, 11) is 0. The van der Waals surface area contributed by atoms with Gasteiger partial charge in [0, 0.05) is 17.2 Å². The average Bonchev–Trinajstić information content (AvgIpc) is 2.92. The number of aromatic hydroxyl groups is 2. The van der Waals surface area contributed by atoms with Gasteiger partial charge in [0.05, 0.1) is 23.8 Å². The summed E-state index contributed by atoms with van der Waals surface area (Å²) >= 11 is 0. The van der Waals surface area contributed by atoms with Crippen molar-refractivity contribution in [3.63, 3.8) is 0 Å². The molecule has 1 aliphatic carbocycles. The highest BCUT2D eigenvalue weighted by Crippen LogP contribution is 2.40. The van der Waals surface area contributed by atoms with Gasteiger partial charge in [-0.1, -0.05) is 0 Å². The molecule has 0 amide bonds. The summed E-state index contributed by atoms with van der Waals surface area (Å²) in [4.78, 5) is 26.3. The Kier molecular flexibility index (Phi) is 7.80. The molecule has 2 aromatic rings. The molecule has 222 valence electrons. The minimum atomic E-state index is -1.81. The van der Waals surface area contributed by atoms with Crippen LogP contribution in [0.15, 0.2) is 24.3 Å². The van der Waals surface area contributed by atoms with Crippen LogP contribution < -0.4 is 4.74 Å². The van der Waals surface area contributed by atoms with Gasteiger partial charge in [0.2, 0.25) is 12.1 Å². The zero-order chi connectivity index (χ0) is 29.9. The SMILES string of the molecule is Cc1cc(O)c2c(c1)C(=O)c1cc(OC3OC(COC4OC(C)C(O)C(O)C4O)C(O)C(O)C3O)cc(O)c1C2=O. The second-order valence-electron chi connectivity index (χ2n) is 10.4. The van der Waals surface area contributed by atoms with E-state index >= 15 is 0 Å². The van der Waals surface area contributed by atoms with E-state index in [1.807, 2.05) is 0 Å². The lowest BCUT2D eigenvalue weighted by atomic mass is 9.82. The zero-order valence-corrected chi connectivity index (χ0v) is 21.8. The highest BCUT2D eigenvalue weighted by Gasteiger charge is 2.47. The molecule has 41 heavy (non-hydrogen) atoms. The molecule has 0 spiro atoms. The maximum absolute atomic E-state index is 13.2. The first-order valence-electron chi connectivity index (χ1n) is 12.8. The zero-order valence-electron chi connectivity index (χ0n) is 21.8. The maximum Gasteiger partial charge on any atom is 0.229 e. The minimum Gasteiger partial charge on any atom is -0.507 e. The van der Waals surface area contributed by atoms with Crippen LogP contribution in [0.5, 0.6) is 17.2 Å². The van der Waals surface area contributed by atoms with Crippen molar-refractivity contribution in [1.29, 1.82) is 0 Å².